The maximum absolute atomic E-state index is 13.0. The number of amides is 1. The van der Waals surface area contributed by atoms with Crippen LogP contribution in [-0.4, -0.2) is 18.7 Å². The lowest BCUT2D eigenvalue weighted by atomic mass is 9.99. The van der Waals surface area contributed by atoms with Crippen LogP contribution < -0.4 is 5.32 Å². The van der Waals surface area contributed by atoms with Gasteiger partial charge in [-0.3, -0.25) is 4.79 Å². The van der Waals surface area contributed by atoms with Gasteiger partial charge < -0.3 is 10.2 Å². The van der Waals surface area contributed by atoms with Crippen molar-refractivity contribution in [1.29, 1.82) is 0 Å². The topological polar surface area (TPSA) is 50.7 Å². The number of carbonyl (C=O) groups excluding carboxylic acids is 1. The second-order valence-corrected chi connectivity index (χ2v) is 5.54. The smallest absolute Gasteiger partial charge is 0.265 e. The number of nitrogens with one attached hydrogen (secondary N) is 1. The van der Waals surface area contributed by atoms with E-state index in [0.717, 1.165) is 6.42 Å². The summed E-state index contributed by atoms with van der Waals surface area (Å²) < 4.78 is 13.0. The fourth-order valence-electron chi connectivity index (χ4n) is 2.11. The Morgan fingerprint density at radius 3 is 2.71 bits per heavy atom. The molecular weight excluding hydrogens is 307 g/mol. The molecule has 0 heterocycles. The van der Waals surface area contributed by atoms with Crippen molar-refractivity contribution in [3.63, 3.8) is 0 Å². The molecular formula is C19H21FN2O2. The zero-order valence-corrected chi connectivity index (χ0v) is 13.8. The summed E-state index contributed by atoms with van der Waals surface area (Å²) in [5.41, 5.74) is 2.52. The molecule has 0 aliphatic carbocycles. The van der Waals surface area contributed by atoms with Crippen molar-refractivity contribution in [1.82, 2.24) is 0 Å². The van der Waals surface area contributed by atoms with E-state index in [2.05, 4.69) is 24.3 Å². The Balaban J connectivity index is 1.79. The molecule has 2 aromatic rings. The third kappa shape index (κ3) is 5.50. The molecule has 5 heteroatoms. The number of rotatable bonds is 7. The fraction of sp³-hybridized carbons (Fsp3) is 0.263. The molecule has 0 aliphatic heterocycles. The third-order valence-corrected chi connectivity index (χ3v) is 3.70. The average molecular weight is 328 g/mol. The maximum Gasteiger partial charge on any atom is 0.265 e. The van der Waals surface area contributed by atoms with E-state index in [0.29, 0.717) is 17.2 Å². The Labute approximate surface area is 141 Å². The van der Waals surface area contributed by atoms with Crippen molar-refractivity contribution in [3.8, 4) is 0 Å². The van der Waals surface area contributed by atoms with E-state index in [9.17, 15) is 9.18 Å². The van der Waals surface area contributed by atoms with Gasteiger partial charge in [0.05, 0.1) is 6.21 Å². The van der Waals surface area contributed by atoms with Gasteiger partial charge in [0.1, 0.15) is 5.82 Å². The van der Waals surface area contributed by atoms with Crippen LogP contribution in [0.2, 0.25) is 0 Å². The Morgan fingerprint density at radius 1 is 1.29 bits per heavy atom. The molecule has 0 aliphatic rings. The number of nitrogens with zero attached hydrogens (tertiary/aromatic N) is 1. The van der Waals surface area contributed by atoms with E-state index < -0.39 is 0 Å². The molecule has 0 unspecified atom stereocenters. The predicted molar refractivity (Wildman–Crippen MR) is 93.7 cm³/mol. The summed E-state index contributed by atoms with van der Waals surface area (Å²) in [5, 5.41) is 6.40. The van der Waals surface area contributed by atoms with Gasteiger partial charge in [-0.25, -0.2) is 4.39 Å². The van der Waals surface area contributed by atoms with E-state index >= 15 is 0 Å². The molecule has 4 nitrogen and oxygen atoms in total. The largest absolute Gasteiger partial charge is 0.386 e. The first-order valence-corrected chi connectivity index (χ1v) is 7.89. The van der Waals surface area contributed by atoms with Gasteiger partial charge >= 0.3 is 0 Å². The average Bonchev–Trinajstić information content (AvgIpc) is 2.59. The van der Waals surface area contributed by atoms with Crippen LogP contribution >= 0.6 is 0 Å². The van der Waals surface area contributed by atoms with Crippen molar-refractivity contribution in [2.24, 2.45) is 5.16 Å². The highest BCUT2D eigenvalue weighted by Gasteiger charge is 2.05. The number of hydrogen-bond donors (Lipinski definition) is 1. The first-order chi connectivity index (χ1) is 11.6. The quantitative estimate of drug-likeness (QED) is 0.607. The molecule has 0 saturated carbocycles. The minimum absolute atomic E-state index is 0.209. The number of anilines is 1. The second kappa shape index (κ2) is 8.82. The molecule has 0 bridgehead atoms. The highest BCUT2D eigenvalue weighted by molar-refractivity contribution is 5.91. The van der Waals surface area contributed by atoms with Crippen LogP contribution in [0.1, 0.15) is 37.3 Å². The summed E-state index contributed by atoms with van der Waals surface area (Å²) in [5.74, 6) is -0.157. The van der Waals surface area contributed by atoms with E-state index in [4.69, 9.17) is 4.84 Å². The standard InChI is InChI=1S/C19H21FN2O2/c1-3-14(2)16-7-9-18(10-8-16)22-19(23)13-24-21-12-15-5-4-6-17(20)11-15/h4-12,14H,3,13H2,1-2H3,(H,22,23)/b21-12-/t14-/m1/s1. The molecule has 0 fully saturated rings. The van der Waals surface area contributed by atoms with Crippen LogP contribution in [0.4, 0.5) is 10.1 Å². The Kier molecular flexibility index (Phi) is 6.49. The summed E-state index contributed by atoms with van der Waals surface area (Å²) in [6, 6.07) is 13.7. The normalized spacial score (nSPS) is 12.1. The third-order valence-electron chi connectivity index (χ3n) is 3.70. The number of benzene rings is 2. The van der Waals surface area contributed by atoms with Crippen LogP contribution in [0.15, 0.2) is 53.7 Å². The van der Waals surface area contributed by atoms with Gasteiger partial charge in [0.25, 0.3) is 5.91 Å². The molecule has 0 saturated heterocycles. The monoisotopic (exact) mass is 328 g/mol. The molecule has 1 amide bonds. The summed E-state index contributed by atoms with van der Waals surface area (Å²) >= 11 is 0. The second-order valence-electron chi connectivity index (χ2n) is 5.54. The van der Waals surface area contributed by atoms with Crippen LogP contribution in [-0.2, 0) is 9.63 Å². The van der Waals surface area contributed by atoms with Gasteiger partial charge in [-0.15, -0.1) is 0 Å². The molecule has 0 spiro atoms. The van der Waals surface area contributed by atoms with E-state index in [-0.39, 0.29) is 18.3 Å². The summed E-state index contributed by atoms with van der Waals surface area (Å²) in [7, 11) is 0. The van der Waals surface area contributed by atoms with Crippen molar-refractivity contribution in [2.45, 2.75) is 26.2 Å². The van der Waals surface area contributed by atoms with Gasteiger partial charge in [-0.2, -0.15) is 0 Å². The fourth-order valence-corrected chi connectivity index (χ4v) is 2.11. The first kappa shape index (κ1) is 17.7. The number of carbonyl (C=O) groups is 1. The molecule has 1 N–H and O–H groups in total. The van der Waals surface area contributed by atoms with Crippen molar-refractivity contribution in [2.75, 3.05) is 11.9 Å². The van der Waals surface area contributed by atoms with E-state index in [1.807, 2.05) is 24.3 Å². The van der Waals surface area contributed by atoms with Gasteiger partial charge in [0.15, 0.2) is 6.61 Å². The molecule has 2 rings (SSSR count). The Hall–Kier alpha value is -2.69. The molecule has 126 valence electrons. The van der Waals surface area contributed by atoms with Crippen molar-refractivity contribution in [3.05, 3.63) is 65.5 Å². The van der Waals surface area contributed by atoms with E-state index in [1.165, 1.54) is 23.9 Å². The van der Waals surface area contributed by atoms with Crippen molar-refractivity contribution < 1.29 is 14.0 Å². The van der Waals surface area contributed by atoms with E-state index in [1.54, 1.807) is 12.1 Å². The molecule has 0 radical (unpaired) electrons. The minimum atomic E-state index is -0.350. The molecule has 24 heavy (non-hydrogen) atoms. The molecule has 2 aromatic carbocycles. The Bertz CT molecular complexity index is 699. The van der Waals surface area contributed by atoms with Crippen LogP contribution in [0.25, 0.3) is 0 Å². The maximum atomic E-state index is 13.0. The van der Waals surface area contributed by atoms with Crippen LogP contribution in [0.5, 0.6) is 0 Å². The lowest BCUT2D eigenvalue weighted by Crippen LogP contribution is -2.17. The minimum Gasteiger partial charge on any atom is -0.386 e. The number of halogens is 1. The van der Waals surface area contributed by atoms with Crippen LogP contribution in [0, 0.1) is 5.82 Å². The van der Waals surface area contributed by atoms with Gasteiger partial charge in [-0.05, 0) is 47.7 Å². The summed E-state index contributed by atoms with van der Waals surface area (Å²) in [4.78, 5) is 16.7. The lowest BCUT2D eigenvalue weighted by molar-refractivity contribution is -0.120. The lowest BCUT2D eigenvalue weighted by Gasteiger charge is -2.10. The zero-order valence-electron chi connectivity index (χ0n) is 13.8. The SMILES string of the molecule is CC[C@@H](C)c1ccc(NC(=O)CO/N=C\c2cccc(F)c2)cc1. The molecule has 0 aromatic heterocycles. The number of hydrogen-bond acceptors (Lipinski definition) is 3. The van der Waals surface area contributed by atoms with Crippen molar-refractivity contribution >= 4 is 17.8 Å². The Morgan fingerprint density at radius 2 is 2.04 bits per heavy atom. The number of oxime groups is 1. The zero-order chi connectivity index (χ0) is 17.4. The van der Waals surface area contributed by atoms with Gasteiger partial charge in [0.2, 0.25) is 0 Å². The highest BCUT2D eigenvalue weighted by Crippen LogP contribution is 2.20. The predicted octanol–water partition coefficient (Wildman–Crippen LogP) is 4.33. The molecule has 1 atom stereocenters. The first-order valence-electron chi connectivity index (χ1n) is 7.89. The van der Waals surface area contributed by atoms with Gasteiger partial charge in [0, 0.05) is 5.69 Å². The van der Waals surface area contributed by atoms with Gasteiger partial charge in [-0.1, -0.05) is 43.3 Å². The summed E-state index contributed by atoms with van der Waals surface area (Å²) in [6.07, 6.45) is 2.43. The highest BCUT2D eigenvalue weighted by atomic mass is 19.1. The van der Waals surface area contributed by atoms with Crippen LogP contribution in [0.3, 0.4) is 0 Å². The summed E-state index contributed by atoms with van der Waals surface area (Å²) in [6.45, 7) is 4.10.